The van der Waals surface area contributed by atoms with Crippen LogP contribution in [-0.4, -0.2) is 6.14 Å². The van der Waals surface area contributed by atoms with Crippen molar-refractivity contribution in [2.24, 2.45) is 11.6 Å². The van der Waals surface area contributed by atoms with Crippen molar-refractivity contribution < 1.29 is 8.27 Å². The molecule has 0 spiro atoms. The van der Waals surface area contributed by atoms with Crippen molar-refractivity contribution in [2.45, 2.75) is 19.4 Å². The molecular weight excluding hydrogens is 100 g/mol. The summed E-state index contributed by atoms with van der Waals surface area (Å²) >= 11 is 0. The van der Waals surface area contributed by atoms with Gasteiger partial charge in [0.2, 0.25) is 0 Å². The van der Waals surface area contributed by atoms with E-state index in [0.717, 1.165) is 6.20 Å². The quantitative estimate of drug-likeness (QED) is 0.483. The third-order valence-electron chi connectivity index (χ3n) is 0.800. The van der Waals surface area contributed by atoms with Gasteiger partial charge in [0.15, 0.2) is 1.41 Å². The van der Waals surface area contributed by atoms with Crippen molar-refractivity contribution in [3.05, 3.63) is 12.3 Å². The van der Waals surface area contributed by atoms with Crippen molar-refractivity contribution in [2.75, 3.05) is 0 Å². The highest BCUT2D eigenvalue weighted by atomic mass is 15.0. The minimum Gasteiger partial charge on any atom is -0.376 e. The second-order valence-corrected chi connectivity index (χ2v) is 1.54. The van der Waals surface area contributed by atoms with Crippen molar-refractivity contribution in [1.82, 2.24) is 5.31 Å². The summed E-state index contributed by atoms with van der Waals surface area (Å²) in [5.41, 5.74) is 5.32. The molecule has 0 aromatic carbocycles. The van der Waals surface area contributed by atoms with Crippen LogP contribution in [0.15, 0.2) is 12.3 Å². The Morgan fingerprint density at radius 1 is 2.38 bits per heavy atom. The summed E-state index contributed by atoms with van der Waals surface area (Å²) in [6.07, 6.45) is -3.96. The van der Waals surface area contributed by atoms with Gasteiger partial charge < -0.3 is 11.0 Å². The van der Waals surface area contributed by atoms with Crippen LogP contribution in [0.25, 0.3) is 0 Å². The Morgan fingerprint density at radius 2 is 3.12 bits per heavy atom. The molecule has 2 atom stereocenters. The van der Waals surface area contributed by atoms with E-state index in [1.165, 1.54) is 6.92 Å². The maximum Gasteiger partial charge on any atom is 0.161 e. The lowest BCUT2D eigenvalue weighted by Gasteiger charge is -2.19. The second-order valence-electron chi connectivity index (χ2n) is 1.54. The third-order valence-corrected chi connectivity index (χ3v) is 0.800. The molecule has 1 heterocycles. The van der Waals surface area contributed by atoms with Crippen molar-refractivity contribution in [3.8, 4) is 0 Å². The van der Waals surface area contributed by atoms with Gasteiger partial charge in [-0.3, -0.25) is 0 Å². The molecule has 0 aliphatic carbocycles. The lowest BCUT2D eigenvalue weighted by Crippen LogP contribution is -2.37. The minimum absolute atomic E-state index is 0.367. The van der Waals surface area contributed by atoms with Crippen molar-refractivity contribution in [3.63, 3.8) is 0 Å². The fourth-order valence-corrected chi connectivity index (χ4v) is 0.459. The van der Waals surface area contributed by atoms with Crippen LogP contribution in [0.1, 0.15) is 20.2 Å². The standard InChI is InChI=1S/C6H12N2/c1-5-2-3-8-6(7)4-5/h2-3,5-6,8H,4,7H2,1H3/i2D,4D2,5D,6D/hD. The van der Waals surface area contributed by atoms with Crippen molar-refractivity contribution in [1.29, 1.82) is 0 Å². The highest BCUT2D eigenvalue weighted by Gasteiger charge is 2.07. The zero-order chi connectivity index (χ0) is 11.4. The smallest absolute Gasteiger partial charge is 0.161 e. The molecule has 0 aromatic rings. The number of nitrogens with one attached hydrogen (secondary N) is 1. The van der Waals surface area contributed by atoms with E-state index in [1.807, 2.05) is 0 Å². The van der Waals surface area contributed by atoms with Gasteiger partial charge in [0.1, 0.15) is 0 Å². The van der Waals surface area contributed by atoms with E-state index in [9.17, 15) is 0 Å². The molecule has 0 amide bonds. The van der Waals surface area contributed by atoms with E-state index in [4.69, 9.17) is 14.0 Å². The first-order chi connectivity index (χ1) is 6.05. The first-order valence-corrected chi connectivity index (χ1v) is 2.31. The number of hydrogen-bond donors (Lipinski definition) is 2. The fraction of sp³-hybridized carbons (Fsp3) is 0.667. The number of allylic oxidation sites excluding steroid dienone is 1. The molecule has 46 valence electrons. The fourth-order valence-electron chi connectivity index (χ4n) is 0.459. The van der Waals surface area contributed by atoms with Crippen LogP contribution in [0, 0.1) is 5.89 Å². The van der Waals surface area contributed by atoms with Gasteiger partial charge >= 0.3 is 0 Å². The van der Waals surface area contributed by atoms with E-state index >= 15 is 0 Å². The molecule has 0 bridgehead atoms. The van der Waals surface area contributed by atoms with Gasteiger partial charge in [-0.25, -0.2) is 0 Å². The van der Waals surface area contributed by atoms with Crippen LogP contribution in [0.4, 0.5) is 0 Å². The second kappa shape index (κ2) is 2.18. The minimum atomic E-state index is -2.49. The summed E-state index contributed by atoms with van der Waals surface area (Å²) in [6, 6.07) is -0.370. The molecule has 2 heteroatoms. The van der Waals surface area contributed by atoms with Crippen LogP contribution in [0.5, 0.6) is 0 Å². The Kier molecular flexibility index (Phi) is 0.474. The van der Waals surface area contributed by atoms with Gasteiger partial charge in [-0.2, -0.15) is 0 Å². The molecule has 2 unspecified atom stereocenters. The van der Waals surface area contributed by atoms with Crippen LogP contribution in [0.2, 0.25) is 1.41 Å². The summed E-state index contributed by atoms with van der Waals surface area (Å²) < 4.78 is 44.8. The van der Waals surface area contributed by atoms with Gasteiger partial charge in [-0.05, 0) is 18.5 Å². The van der Waals surface area contributed by atoms with E-state index in [0.29, 0.717) is 5.31 Å². The van der Waals surface area contributed by atoms with E-state index < -0.39 is 18.4 Å². The highest BCUT2D eigenvalue weighted by Crippen LogP contribution is 2.07. The predicted molar refractivity (Wildman–Crippen MR) is 34.0 cm³/mol. The van der Waals surface area contributed by atoms with E-state index in [-0.39, 0.29) is 6.05 Å². The Balaban J connectivity index is 3.35. The molecule has 8 heavy (non-hydrogen) atoms. The topological polar surface area (TPSA) is 38.0 Å². The first-order valence-electron chi connectivity index (χ1n) is 5.26. The monoisotopic (exact) mass is 118 g/mol. The predicted octanol–water partition coefficient (Wildman–Crippen LogP) is 0.414. The van der Waals surface area contributed by atoms with E-state index in [1.54, 1.807) is 0 Å². The molecule has 0 saturated heterocycles. The van der Waals surface area contributed by atoms with Crippen LogP contribution < -0.4 is 11.0 Å². The van der Waals surface area contributed by atoms with Gasteiger partial charge in [-0.15, -0.1) is 0 Å². The highest BCUT2D eigenvalue weighted by molar-refractivity contribution is 4.92. The molecular formula is C6H12N2. The molecule has 1 aliphatic rings. The maximum absolute atomic E-state index is 7.64. The van der Waals surface area contributed by atoms with E-state index in [2.05, 4.69) is 0 Å². The summed E-state index contributed by atoms with van der Waals surface area (Å²) in [6.45, 7) is 1.18. The zero-order valence-corrected chi connectivity index (χ0v) is 4.60. The molecule has 0 aromatic heterocycles. The average Bonchev–Trinajstić information content (AvgIpc) is 2.01. The Bertz CT molecular complexity index is 284. The van der Waals surface area contributed by atoms with Crippen LogP contribution in [0.3, 0.4) is 0 Å². The summed E-state index contributed by atoms with van der Waals surface area (Å²) in [5, 5.41) is 0.367. The Hall–Kier alpha value is -0.500. The lowest BCUT2D eigenvalue weighted by atomic mass is 10.0. The molecule has 3 N–H and O–H groups in total. The molecule has 1 rings (SSSR count). The summed E-state index contributed by atoms with van der Waals surface area (Å²) in [5.74, 6) is -1.92. The Labute approximate surface area is 58.2 Å². The van der Waals surface area contributed by atoms with Gasteiger partial charge in [-0.1, -0.05) is 13.0 Å². The van der Waals surface area contributed by atoms with Gasteiger partial charge in [0.25, 0.3) is 0 Å². The normalized spacial score (nSPS) is 74.8. The third kappa shape index (κ3) is 1.23. The van der Waals surface area contributed by atoms with Crippen molar-refractivity contribution >= 4 is 0 Å². The maximum atomic E-state index is 7.64. The van der Waals surface area contributed by atoms with Gasteiger partial charge in [0.05, 0.1) is 8.88 Å². The summed E-state index contributed by atoms with van der Waals surface area (Å²) in [7, 11) is 0. The molecule has 0 saturated carbocycles. The largest absolute Gasteiger partial charge is 0.376 e. The SMILES string of the molecule is [2H]C1=CN([2H])C([2H])(N)C([2H])([2H])C1([2H])C. The van der Waals surface area contributed by atoms with Crippen LogP contribution >= 0.6 is 0 Å². The number of nitrogens with two attached hydrogens (primary N) is 1. The average molecular weight is 118 g/mol. The molecule has 1 aliphatic heterocycles. The summed E-state index contributed by atoms with van der Waals surface area (Å²) in [4.78, 5) is 0. The lowest BCUT2D eigenvalue weighted by molar-refractivity contribution is 0.468. The number of hydrogen-bond acceptors (Lipinski definition) is 2. The molecule has 2 nitrogen and oxygen atoms in total. The zero-order valence-electron chi connectivity index (χ0n) is 10.6. The van der Waals surface area contributed by atoms with Crippen LogP contribution in [-0.2, 0) is 0 Å². The number of rotatable bonds is 0. The molecule has 0 fully saturated rings. The van der Waals surface area contributed by atoms with Gasteiger partial charge in [0, 0.05) is 4.11 Å². The molecule has 0 radical (unpaired) electrons. The Morgan fingerprint density at radius 3 is 3.88 bits per heavy atom. The first kappa shape index (κ1) is 1.74.